The fourth-order valence-electron chi connectivity index (χ4n) is 3.07. The molecule has 156 valence electrons. The van der Waals surface area contributed by atoms with E-state index in [4.69, 9.17) is 11.6 Å². The molecular formula is C20H17ClF3N5O. The first-order chi connectivity index (χ1) is 14.2. The third-order valence-corrected chi connectivity index (χ3v) is 5.14. The highest BCUT2D eigenvalue weighted by atomic mass is 35.5. The number of nitrogens with zero attached hydrogens (tertiary/aromatic N) is 4. The number of halogens is 4. The van der Waals surface area contributed by atoms with Gasteiger partial charge in [-0.1, -0.05) is 23.7 Å². The molecule has 1 aromatic heterocycles. The van der Waals surface area contributed by atoms with Crippen molar-refractivity contribution in [3.8, 4) is 11.4 Å². The van der Waals surface area contributed by atoms with Gasteiger partial charge in [0.15, 0.2) is 5.82 Å². The number of anilines is 2. The minimum atomic E-state index is -4.26. The average molecular weight is 436 g/mol. The van der Waals surface area contributed by atoms with Gasteiger partial charge in [0.1, 0.15) is 0 Å². The average Bonchev–Trinajstić information content (AvgIpc) is 3.02. The molecule has 1 saturated heterocycles. The zero-order valence-electron chi connectivity index (χ0n) is 15.8. The number of alkyl halides is 3. The molecule has 0 saturated carbocycles. The molecule has 0 spiro atoms. The van der Waals surface area contributed by atoms with E-state index in [-0.39, 0.29) is 13.1 Å². The van der Waals surface area contributed by atoms with Crippen LogP contribution in [0.4, 0.5) is 24.8 Å². The van der Waals surface area contributed by atoms with E-state index >= 15 is 0 Å². The lowest BCUT2D eigenvalue weighted by Gasteiger charge is -2.40. The van der Waals surface area contributed by atoms with Gasteiger partial charge in [-0.05, 0) is 36.4 Å². The van der Waals surface area contributed by atoms with Crippen molar-refractivity contribution in [1.82, 2.24) is 19.7 Å². The molecule has 3 aromatic rings. The van der Waals surface area contributed by atoms with E-state index in [1.165, 1.54) is 4.90 Å². The van der Waals surface area contributed by atoms with E-state index in [0.29, 0.717) is 27.9 Å². The van der Waals surface area contributed by atoms with Gasteiger partial charge in [-0.2, -0.15) is 18.2 Å². The van der Waals surface area contributed by atoms with Crippen molar-refractivity contribution in [1.29, 1.82) is 0 Å². The molecule has 2 heterocycles. The molecule has 0 bridgehead atoms. The van der Waals surface area contributed by atoms with Gasteiger partial charge in [-0.15, -0.1) is 5.10 Å². The summed E-state index contributed by atoms with van der Waals surface area (Å²) >= 11 is 5.89. The minimum absolute atomic E-state index is 0.300. The molecule has 10 heteroatoms. The summed E-state index contributed by atoms with van der Waals surface area (Å²) in [4.78, 5) is 18.0. The number of carbonyl (C=O) groups excluding carboxylic acids is 1. The highest BCUT2D eigenvalue weighted by Gasteiger charge is 2.48. The maximum atomic E-state index is 12.6. The van der Waals surface area contributed by atoms with E-state index < -0.39 is 18.0 Å². The monoisotopic (exact) mass is 435 g/mol. The molecular weight excluding hydrogens is 419 g/mol. The second-order valence-corrected chi connectivity index (χ2v) is 7.48. The summed E-state index contributed by atoms with van der Waals surface area (Å²) in [5.41, 5.74) is 1.81. The van der Waals surface area contributed by atoms with E-state index in [1.807, 2.05) is 12.1 Å². The number of nitrogens with one attached hydrogen (secondary N) is 1. The van der Waals surface area contributed by atoms with Crippen molar-refractivity contribution in [3.63, 3.8) is 0 Å². The second kappa shape index (κ2) is 7.64. The van der Waals surface area contributed by atoms with Crippen molar-refractivity contribution < 1.29 is 18.0 Å². The quantitative estimate of drug-likeness (QED) is 0.654. The Morgan fingerprint density at radius 1 is 1.10 bits per heavy atom. The zero-order chi connectivity index (χ0) is 21.5. The topological polar surface area (TPSA) is 63.1 Å². The summed E-state index contributed by atoms with van der Waals surface area (Å²) < 4.78 is 39.4. The fraction of sp³-hybridized carbons (Fsp3) is 0.250. The number of aryl methyl sites for hydroxylation is 1. The lowest BCUT2D eigenvalue weighted by molar-refractivity contribution is -0.202. The van der Waals surface area contributed by atoms with Crippen LogP contribution in [0.25, 0.3) is 11.4 Å². The van der Waals surface area contributed by atoms with Gasteiger partial charge in [-0.3, -0.25) is 4.79 Å². The Morgan fingerprint density at radius 3 is 2.33 bits per heavy atom. The number of rotatable bonds is 4. The summed E-state index contributed by atoms with van der Waals surface area (Å²) in [6.45, 7) is -0.600. The molecule has 2 aromatic carbocycles. The van der Waals surface area contributed by atoms with Crippen LogP contribution in [-0.2, 0) is 7.05 Å². The molecule has 1 amide bonds. The standard InChI is InChI=1S/C20H17ClF3N5O/c1-28-19(25-16-8-6-15(21)7-9-16)26-17(27-28)12-2-4-13(5-3-12)18(30)29-10-14(11-29)20(22,23)24/h2-9,14H,10-11H2,1H3,(H,25,26,27). The maximum absolute atomic E-state index is 12.6. The third-order valence-electron chi connectivity index (χ3n) is 4.89. The highest BCUT2D eigenvalue weighted by Crippen LogP contribution is 2.34. The van der Waals surface area contributed by atoms with Gasteiger partial charge in [0.25, 0.3) is 5.91 Å². The van der Waals surface area contributed by atoms with Crippen molar-refractivity contribution in [2.75, 3.05) is 18.4 Å². The van der Waals surface area contributed by atoms with Gasteiger partial charge >= 0.3 is 6.18 Å². The molecule has 0 aliphatic carbocycles. The molecule has 0 radical (unpaired) electrons. The normalized spacial score (nSPS) is 14.5. The molecule has 1 aliphatic heterocycles. The Hall–Kier alpha value is -3.07. The van der Waals surface area contributed by atoms with E-state index in [2.05, 4.69) is 15.4 Å². The first kappa shape index (κ1) is 20.2. The number of benzene rings is 2. The maximum Gasteiger partial charge on any atom is 0.395 e. The lowest BCUT2D eigenvalue weighted by atomic mass is 9.98. The van der Waals surface area contributed by atoms with Crippen LogP contribution < -0.4 is 5.32 Å². The number of hydrogen-bond donors (Lipinski definition) is 1. The lowest BCUT2D eigenvalue weighted by Crippen LogP contribution is -2.55. The number of aromatic nitrogens is 3. The summed E-state index contributed by atoms with van der Waals surface area (Å²) in [6.07, 6.45) is -4.26. The second-order valence-electron chi connectivity index (χ2n) is 7.04. The molecule has 1 fully saturated rings. The van der Waals surface area contributed by atoms with E-state index in [1.54, 1.807) is 48.1 Å². The van der Waals surface area contributed by atoms with E-state index in [9.17, 15) is 18.0 Å². The Kier molecular flexibility index (Phi) is 5.15. The fourth-order valence-corrected chi connectivity index (χ4v) is 3.20. The smallest absolute Gasteiger partial charge is 0.337 e. The van der Waals surface area contributed by atoms with Crippen LogP contribution in [0.1, 0.15) is 10.4 Å². The summed E-state index contributed by atoms with van der Waals surface area (Å²) in [5, 5.41) is 8.13. The number of likely N-dealkylation sites (tertiary alicyclic amines) is 1. The van der Waals surface area contributed by atoms with Crippen LogP contribution >= 0.6 is 11.6 Å². The Balaban J connectivity index is 1.44. The van der Waals surface area contributed by atoms with Crippen LogP contribution in [-0.4, -0.2) is 44.8 Å². The Labute approximate surface area is 175 Å². The van der Waals surface area contributed by atoms with Gasteiger partial charge in [-0.25, -0.2) is 4.68 Å². The Morgan fingerprint density at radius 2 is 1.73 bits per heavy atom. The number of carbonyl (C=O) groups is 1. The molecule has 30 heavy (non-hydrogen) atoms. The predicted octanol–water partition coefficient (Wildman–Crippen LogP) is 4.51. The first-order valence-electron chi connectivity index (χ1n) is 9.11. The van der Waals surface area contributed by atoms with Crippen LogP contribution in [0, 0.1) is 5.92 Å². The van der Waals surface area contributed by atoms with Gasteiger partial charge in [0, 0.05) is 42.0 Å². The molecule has 1 N–H and O–H groups in total. The highest BCUT2D eigenvalue weighted by molar-refractivity contribution is 6.30. The first-order valence-corrected chi connectivity index (χ1v) is 9.48. The number of amides is 1. The summed E-state index contributed by atoms with van der Waals surface area (Å²) in [6, 6.07) is 13.6. The van der Waals surface area contributed by atoms with Crippen molar-refractivity contribution in [2.24, 2.45) is 13.0 Å². The minimum Gasteiger partial charge on any atom is -0.337 e. The molecule has 0 atom stereocenters. The van der Waals surface area contributed by atoms with Crippen molar-refractivity contribution in [3.05, 3.63) is 59.1 Å². The SMILES string of the molecule is Cn1nc(-c2ccc(C(=O)N3CC(C(F)(F)F)C3)cc2)nc1Nc1ccc(Cl)cc1. The summed E-state index contributed by atoms with van der Waals surface area (Å²) in [5.74, 6) is -0.883. The molecule has 4 rings (SSSR count). The van der Waals surface area contributed by atoms with E-state index in [0.717, 1.165) is 5.69 Å². The van der Waals surface area contributed by atoms with Crippen molar-refractivity contribution >= 4 is 29.1 Å². The molecule has 0 unspecified atom stereocenters. The van der Waals surface area contributed by atoms with Gasteiger partial charge < -0.3 is 10.2 Å². The van der Waals surface area contributed by atoms with Crippen LogP contribution in [0.15, 0.2) is 48.5 Å². The molecule has 6 nitrogen and oxygen atoms in total. The van der Waals surface area contributed by atoms with Crippen LogP contribution in [0.3, 0.4) is 0 Å². The van der Waals surface area contributed by atoms with Crippen molar-refractivity contribution in [2.45, 2.75) is 6.18 Å². The zero-order valence-corrected chi connectivity index (χ0v) is 16.6. The largest absolute Gasteiger partial charge is 0.395 e. The molecule has 1 aliphatic rings. The Bertz CT molecular complexity index is 1060. The summed E-state index contributed by atoms with van der Waals surface area (Å²) in [7, 11) is 1.74. The number of hydrogen-bond acceptors (Lipinski definition) is 4. The predicted molar refractivity (Wildman–Crippen MR) is 107 cm³/mol. The van der Waals surface area contributed by atoms with Gasteiger partial charge in [0.2, 0.25) is 5.95 Å². The third kappa shape index (κ3) is 4.11. The van der Waals surface area contributed by atoms with Crippen LogP contribution in [0.2, 0.25) is 5.02 Å². The van der Waals surface area contributed by atoms with Crippen LogP contribution in [0.5, 0.6) is 0 Å². The van der Waals surface area contributed by atoms with Gasteiger partial charge in [0.05, 0.1) is 5.92 Å².